The Balaban J connectivity index is 2.36. The molecule has 0 aliphatic rings. The van der Waals surface area contributed by atoms with Gasteiger partial charge in [0.1, 0.15) is 0 Å². The largest absolute Gasteiger partial charge is 0.393 e. The summed E-state index contributed by atoms with van der Waals surface area (Å²) in [5.74, 6) is 0.490. The van der Waals surface area contributed by atoms with E-state index >= 15 is 0 Å². The second-order valence-corrected chi connectivity index (χ2v) is 7.26. The van der Waals surface area contributed by atoms with E-state index in [1.807, 2.05) is 18.2 Å². The number of hydrogen-bond acceptors (Lipinski definition) is 1. The Bertz CT molecular complexity index is 737. The van der Waals surface area contributed by atoms with Crippen molar-refractivity contribution in [1.29, 1.82) is 0 Å². The average Bonchev–Trinajstić information content (AvgIpc) is 2.70. The number of rotatable bonds is 7. The zero-order valence-electron chi connectivity index (χ0n) is 14.5. The molecule has 0 aromatic heterocycles. The van der Waals surface area contributed by atoms with Crippen LogP contribution in [-0.2, 0) is 5.41 Å². The molecule has 0 radical (unpaired) electrons. The Morgan fingerprint density at radius 2 is 1.12 bits per heavy atom. The molecule has 0 aliphatic carbocycles. The number of benzene rings is 3. The van der Waals surface area contributed by atoms with Crippen LogP contribution in [0.3, 0.4) is 0 Å². The molecule has 132 valence electrons. The van der Waals surface area contributed by atoms with Gasteiger partial charge >= 0.3 is 0 Å². The second-order valence-electron chi connectivity index (χ2n) is 6.43. The van der Waals surface area contributed by atoms with Crippen molar-refractivity contribution in [2.24, 2.45) is 11.7 Å². The van der Waals surface area contributed by atoms with Crippen molar-refractivity contribution in [3.63, 3.8) is 0 Å². The summed E-state index contributed by atoms with van der Waals surface area (Å²) >= 11 is 11.8. The van der Waals surface area contributed by atoms with Gasteiger partial charge < -0.3 is 5.73 Å². The molecule has 0 fully saturated rings. The highest BCUT2D eigenvalue weighted by Crippen LogP contribution is 2.47. The fourth-order valence-electron chi connectivity index (χ4n) is 3.88. The minimum Gasteiger partial charge on any atom is -0.393 e. The highest BCUT2D eigenvalue weighted by atomic mass is 35.5. The third-order valence-electron chi connectivity index (χ3n) is 4.93. The van der Waals surface area contributed by atoms with Gasteiger partial charge in [-0.25, -0.2) is 0 Å². The molecule has 0 saturated carbocycles. The number of nitrogens with two attached hydrogens (primary N) is 1. The second kappa shape index (κ2) is 8.48. The quantitative estimate of drug-likeness (QED) is 0.330. The summed E-state index contributed by atoms with van der Waals surface area (Å²) < 4.78 is 0. The van der Waals surface area contributed by atoms with Crippen molar-refractivity contribution in [3.8, 4) is 0 Å². The Hall–Kier alpha value is -2.16. The molecule has 0 aliphatic heterocycles. The zero-order chi connectivity index (χ0) is 18.4. The Morgan fingerprint density at radius 3 is 1.38 bits per heavy atom. The maximum Gasteiger partial charge on any atom is 0.0731 e. The first-order valence-electron chi connectivity index (χ1n) is 8.70. The van der Waals surface area contributed by atoms with Crippen LogP contribution >= 0.6 is 23.8 Å². The minimum atomic E-state index is -0.422. The fourth-order valence-corrected chi connectivity index (χ4v) is 4.42. The van der Waals surface area contributed by atoms with E-state index < -0.39 is 5.41 Å². The van der Waals surface area contributed by atoms with Gasteiger partial charge in [-0.3, -0.25) is 0 Å². The number of hydrogen-bond donors (Lipinski definition) is 1. The molecule has 0 bridgehead atoms. The fraction of sp³-hybridized carbons (Fsp3) is 0.174. The molecule has 3 heteroatoms. The third kappa shape index (κ3) is 3.53. The van der Waals surface area contributed by atoms with Gasteiger partial charge in [0.25, 0.3) is 0 Å². The van der Waals surface area contributed by atoms with Crippen molar-refractivity contribution in [3.05, 3.63) is 108 Å². The van der Waals surface area contributed by atoms with E-state index in [4.69, 9.17) is 29.6 Å². The van der Waals surface area contributed by atoms with Crippen molar-refractivity contribution < 1.29 is 0 Å². The topological polar surface area (TPSA) is 26.0 Å². The SMILES string of the molecule is NC(=S)CC(CCl)C(c1ccccc1)(c1ccccc1)c1ccccc1. The summed E-state index contributed by atoms with van der Waals surface area (Å²) in [4.78, 5) is 0.489. The van der Waals surface area contributed by atoms with E-state index in [1.54, 1.807) is 0 Å². The van der Waals surface area contributed by atoms with Crippen molar-refractivity contribution >= 4 is 28.8 Å². The Labute approximate surface area is 165 Å². The Morgan fingerprint density at radius 1 is 0.769 bits per heavy atom. The summed E-state index contributed by atoms with van der Waals surface area (Å²) in [6.07, 6.45) is 0.581. The van der Waals surface area contributed by atoms with Crippen LogP contribution in [0.4, 0.5) is 0 Å². The minimum absolute atomic E-state index is 0.0360. The standard InChI is InChI=1S/C23H22ClNS/c24-17-21(16-22(25)26)23(18-10-4-1-5-11-18,19-12-6-2-7-13-19)20-14-8-3-9-15-20/h1-15,21H,16-17H2,(H2,25,26). The predicted octanol–water partition coefficient (Wildman–Crippen LogP) is 5.55. The molecule has 0 spiro atoms. The summed E-state index contributed by atoms with van der Waals surface area (Å²) in [6.45, 7) is 0. The van der Waals surface area contributed by atoms with E-state index in [2.05, 4.69) is 72.8 Å². The van der Waals surface area contributed by atoms with Crippen LogP contribution in [0, 0.1) is 5.92 Å². The number of thiocarbonyl (C=S) groups is 1. The van der Waals surface area contributed by atoms with Gasteiger partial charge in [0.2, 0.25) is 0 Å². The summed E-state index contributed by atoms with van der Waals surface area (Å²) in [7, 11) is 0. The third-order valence-corrected chi connectivity index (χ3v) is 5.47. The first-order chi connectivity index (χ1) is 12.7. The van der Waals surface area contributed by atoms with Gasteiger partial charge in [0, 0.05) is 17.7 Å². The summed E-state index contributed by atoms with van der Waals surface area (Å²) in [5, 5.41) is 0. The lowest BCUT2D eigenvalue weighted by Gasteiger charge is -2.42. The van der Waals surface area contributed by atoms with Crippen LogP contribution in [0.5, 0.6) is 0 Å². The summed E-state index contributed by atoms with van der Waals surface area (Å²) in [5.41, 5.74) is 9.13. The van der Waals surface area contributed by atoms with Gasteiger partial charge in [-0.1, -0.05) is 103 Å². The van der Waals surface area contributed by atoms with Gasteiger partial charge in [-0.15, -0.1) is 11.6 Å². The molecule has 1 unspecified atom stereocenters. The van der Waals surface area contributed by atoms with Crippen LogP contribution in [0.2, 0.25) is 0 Å². The molecule has 0 amide bonds. The molecule has 26 heavy (non-hydrogen) atoms. The van der Waals surface area contributed by atoms with Crippen LogP contribution in [0.15, 0.2) is 91.0 Å². The lowest BCUT2D eigenvalue weighted by Crippen LogP contribution is -2.40. The molecular weight excluding hydrogens is 358 g/mol. The zero-order valence-corrected chi connectivity index (χ0v) is 16.1. The maximum absolute atomic E-state index is 6.53. The molecule has 0 saturated heterocycles. The van der Waals surface area contributed by atoms with Gasteiger partial charge in [0.15, 0.2) is 0 Å². The smallest absolute Gasteiger partial charge is 0.0731 e. The Kier molecular flexibility index (Phi) is 6.08. The molecule has 2 N–H and O–H groups in total. The molecule has 1 atom stereocenters. The highest BCUT2D eigenvalue weighted by Gasteiger charge is 2.43. The van der Waals surface area contributed by atoms with E-state index in [1.165, 1.54) is 16.7 Å². The maximum atomic E-state index is 6.53. The van der Waals surface area contributed by atoms with E-state index in [0.717, 1.165) is 0 Å². The predicted molar refractivity (Wildman–Crippen MR) is 115 cm³/mol. The van der Waals surface area contributed by atoms with E-state index in [-0.39, 0.29) is 5.92 Å². The van der Waals surface area contributed by atoms with Crippen LogP contribution < -0.4 is 5.73 Å². The molecule has 0 heterocycles. The summed E-state index contributed by atoms with van der Waals surface area (Å²) in [6, 6.07) is 31.5. The lowest BCUT2D eigenvalue weighted by atomic mass is 9.61. The van der Waals surface area contributed by atoms with Gasteiger partial charge in [-0.05, 0) is 22.6 Å². The van der Waals surface area contributed by atoms with Gasteiger partial charge in [0.05, 0.1) is 4.99 Å². The molecule has 3 aromatic carbocycles. The molecular formula is C23H22ClNS. The van der Waals surface area contributed by atoms with E-state index in [9.17, 15) is 0 Å². The average molecular weight is 380 g/mol. The normalized spacial score (nSPS) is 12.5. The van der Waals surface area contributed by atoms with Crippen molar-refractivity contribution in [2.75, 3.05) is 5.88 Å². The molecule has 1 nitrogen and oxygen atoms in total. The highest BCUT2D eigenvalue weighted by molar-refractivity contribution is 7.80. The number of alkyl halides is 1. The van der Waals surface area contributed by atoms with Crippen LogP contribution in [0.1, 0.15) is 23.1 Å². The van der Waals surface area contributed by atoms with Crippen molar-refractivity contribution in [2.45, 2.75) is 11.8 Å². The molecule has 3 rings (SSSR count). The first-order valence-corrected chi connectivity index (χ1v) is 9.64. The van der Waals surface area contributed by atoms with Crippen molar-refractivity contribution in [1.82, 2.24) is 0 Å². The lowest BCUT2D eigenvalue weighted by molar-refractivity contribution is 0.421. The monoisotopic (exact) mass is 379 g/mol. The molecule has 3 aromatic rings. The van der Waals surface area contributed by atoms with Gasteiger partial charge in [-0.2, -0.15) is 0 Å². The van der Waals surface area contributed by atoms with E-state index in [0.29, 0.717) is 17.3 Å². The first kappa shape index (κ1) is 18.6. The van der Waals surface area contributed by atoms with Crippen LogP contribution in [0.25, 0.3) is 0 Å². The van der Waals surface area contributed by atoms with Crippen LogP contribution in [-0.4, -0.2) is 10.9 Å². The number of halogens is 1.